The summed E-state index contributed by atoms with van der Waals surface area (Å²) in [6.07, 6.45) is -2.09. The van der Waals surface area contributed by atoms with Gasteiger partial charge in [0.25, 0.3) is 0 Å². The van der Waals surface area contributed by atoms with E-state index < -0.39 is 43.6 Å². The summed E-state index contributed by atoms with van der Waals surface area (Å²) >= 11 is 0. The van der Waals surface area contributed by atoms with Gasteiger partial charge in [0.15, 0.2) is 12.6 Å². The summed E-state index contributed by atoms with van der Waals surface area (Å²) in [4.78, 5) is 0. The van der Waals surface area contributed by atoms with Crippen molar-refractivity contribution in [2.24, 2.45) is 0 Å². The van der Waals surface area contributed by atoms with Gasteiger partial charge in [0, 0.05) is 11.1 Å². The van der Waals surface area contributed by atoms with Gasteiger partial charge in [-0.1, -0.05) is 62.4 Å². The first-order chi connectivity index (χ1) is 14.6. The summed E-state index contributed by atoms with van der Waals surface area (Å²) in [5.74, 6) is 0. The van der Waals surface area contributed by atoms with Crippen LogP contribution in [0.25, 0.3) is 0 Å². The molecule has 2 N–H and O–H groups in total. The molecular weight excluding hydrogens is 384 g/mol. The molecule has 162 valence electrons. The Balaban J connectivity index is 1.52. The van der Waals surface area contributed by atoms with Gasteiger partial charge in [0.05, 0.1) is 13.2 Å². The molecule has 2 aromatic carbocycles. The molecular formula is C24H30O6. The van der Waals surface area contributed by atoms with E-state index in [4.69, 9.17) is 18.9 Å². The second-order valence-electron chi connectivity index (χ2n) is 7.81. The Hall–Kier alpha value is -1.80. The molecule has 2 fully saturated rings. The van der Waals surface area contributed by atoms with Gasteiger partial charge in [-0.2, -0.15) is 0 Å². The molecule has 0 aromatic heterocycles. The molecule has 0 bridgehead atoms. The van der Waals surface area contributed by atoms with Gasteiger partial charge in [0.2, 0.25) is 0 Å². The lowest BCUT2D eigenvalue weighted by molar-refractivity contribution is -0.373. The van der Waals surface area contributed by atoms with Gasteiger partial charge < -0.3 is 29.2 Å². The van der Waals surface area contributed by atoms with E-state index in [-0.39, 0.29) is 0 Å². The van der Waals surface area contributed by atoms with Crippen LogP contribution < -0.4 is 0 Å². The molecule has 0 radical (unpaired) electrons. The van der Waals surface area contributed by atoms with Crippen molar-refractivity contribution in [3.8, 4) is 0 Å². The van der Waals surface area contributed by atoms with Crippen LogP contribution in [0, 0.1) is 0 Å². The second kappa shape index (κ2) is 9.56. The van der Waals surface area contributed by atoms with Gasteiger partial charge in [-0.05, 0) is 24.0 Å². The number of aliphatic hydroxyl groups is 2. The first kappa shape index (κ1) is 21.4. The maximum Gasteiger partial charge on any atom is 0.184 e. The fourth-order valence-corrected chi connectivity index (χ4v) is 3.93. The highest BCUT2D eigenvalue weighted by Crippen LogP contribution is 2.39. The summed E-state index contributed by atoms with van der Waals surface area (Å²) < 4.78 is 24.3. The molecule has 0 amide bonds. The van der Waals surface area contributed by atoms with Crippen molar-refractivity contribution in [1.29, 1.82) is 0 Å². The Labute approximate surface area is 177 Å². The fraction of sp³-hybridized carbons (Fsp3) is 0.500. The lowest BCUT2D eigenvalue weighted by Crippen LogP contribution is -2.58. The molecule has 0 unspecified atom stereocenters. The molecule has 2 heterocycles. The molecule has 2 aliphatic heterocycles. The average Bonchev–Trinajstić information content (AvgIpc) is 2.82. The minimum atomic E-state index is -1.08. The topological polar surface area (TPSA) is 77.4 Å². The third-order valence-electron chi connectivity index (χ3n) is 5.85. The fourth-order valence-electron chi connectivity index (χ4n) is 3.93. The van der Waals surface area contributed by atoms with Crippen LogP contribution in [0.2, 0.25) is 0 Å². The van der Waals surface area contributed by atoms with E-state index in [1.54, 1.807) is 0 Å². The van der Waals surface area contributed by atoms with Crippen LogP contribution in [-0.4, -0.2) is 47.8 Å². The molecule has 2 aromatic rings. The Bertz CT molecular complexity index is 803. The number of aliphatic hydroxyl groups excluding tert-OH is 2. The van der Waals surface area contributed by atoms with Crippen LogP contribution in [0.1, 0.15) is 48.7 Å². The molecule has 6 heteroatoms. The Morgan fingerprint density at radius 2 is 1.40 bits per heavy atom. The van der Waals surface area contributed by atoms with Crippen molar-refractivity contribution in [3.05, 3.63) is 70.8 Å². The molecule has 6 nitrogen and oxygen atoms in total. The van der Waals surface area contributed by atoms with Crippen molar-refractivity contribution < 1.29 is 29.2 Å². The number of rotatable bonds is 6. The summed E-state index contributed by atoms with van der Waals surface area (Å²) in [5, 5.41) is 20.0. The van der Waals surface area contributed by atoms with Crippen LogP contribution in [0.15, 0.2) is 48.5 Å². The molecule has 0 spiro atoms. The van der Waals surface area contributed by atoms with Crippen molar-refractivity contribution >= 4 is 0 Å². The van der Waals surface area contributed by atoms with Crippen LogP contribution >= 0.6 is 0 Å². The summed E-state index contributed by atoms with van der Waals surface area (Å²) in [7, 11) is 0. The van der Waals surface area contributed by atoms with E-state index >= 15 is 0 Å². The van der Waals surface area contributed by atoms with Crippen LogP contribution in [-0.2, 0) is 31.8 Å². The zero-order valence-corrected chi connectivity index (χ0v) is 17.4. The summed E-state index contributed by atoms with van der Waals surface area (Å²) in [6, 6.07) is 16.1. The number of aryl methyl sites for hydroxylation is 2. The average molecular weight is 414 g/mol. The molecule has 6 atom stereocenters. The van der Waals surface area contributed by atoms with E-state index in [1.807, 2.05) is 36.4 Å². The Kier molecular flexibility index (Phi) is 6.83. The predicted octanol–water partition coefficient (Wildman–Crippen LogP) is 3.06. The number of hydrogen-bond donors (Lipinski definition) is 2. The maximum atomic E-state index is 10.4. The van der Waals surface area contributed by atoms with E-state index in [0.29, 0.717) is 6.61 Å². The molecule has 0 aliphatic carbocycles. The number of benzene rings is 2. The standard InChI is InChI=1S/C24H30O6/c1-3-15-5-9-17(10-6-15)23-27-14-20-22(30-23)21(19(26)13-25)29-24(28-20)18-11-7-16(4-2)8-12-18/h5-12,19-26H,3-4,13-14H2,1-2H3/t19-,20+,21-,22+,23+,24+/m1/s1. The highest BCUT2D eigenvalue weighted by molar-refractivity contribution is 5.25. The summed E-state index contributed by atoms with van der Waals surface area (Å²) in [5.41, 5.74) is 4.22. The first-order valence-corrected chi connectivity index (χ1v) is 10.7. The molecule has 2 saturated heterocycles. The number of fused-ring (bicyclic) bond motifs is 1. The molecule has 30 heavy (non-hydrogen) atoms. The quantitative estimate of drug-likeness (QED) is 0.757. The SMILES string of the molecule is CCc1ccc([C@@H]2O[C@H]([C@H](O)CO)[C@H]3O[C@@H](c4ccc(CC)cc4)OC[C@@H]3O2)cc1. The zero-order chi connectivity index (χ0) is 21.1. The van der Waals surface area contributed by atoms with Gasteiger partial charge in [-0.3, -0.25) is 0 Å². The third kappa shape index (κ3) is 4.44. The molecule has 4 rings (SSSR count). The summed E-state index contributed by atoms with van der Waals surface area (Å²) in [6.45, 7) is 4.10. The highest BCUT2D eigenvalue weighted by Gasteiger charge is 2.48. The second-order valence-corrected chi connectivity index (χ2v) is 7.81. The predicted molar refractivity (Wildman–Crippen MR) is 111 cm³/mol. The highest BCUT2D eigenvalue weighted by atomic mass is 16.8. The van der Waals surface area contributed by atoms with Gasteiger partial charge in [-0.15, -0.1) is 0 Å². The van der Waals surface area contributed by atoms with Crippen LogP contribution in [0.4, 0.5) is 0 Å². The normalized spacial score (nSPS) is 29.9. The number of hydrogen-bond acceptors (Lipinski definition) is 6. The molecule has 0 saturated carbocycles. The third-order valence-corrected chi connectivity index (χ3v) is 5.85. The van der Waals surface area contributed by atoms with Gasteiger partial charge >= 0.3 is 0 Å². The zero-order valence-electron chi connectivity index (χ0n) is 17.4. The van der Waals surface area contributed by atoms with Crippen LogP contribution in [0.5, 0.6) is 0 Å². The van der Waals surface area contributed by atoms with Crippen molar-refractivity contribution in [3.63, 3.8) is 0 Å². The van der Waals surface area contributed by atoms with E-state index in [0.717, 1.165) is 24.0 Å². The molecule has 2 aliphatic rings. The first-order valence-electron chi connectivity index (χ1n) is 10.7. The maximum absolute atomic E-state index is 10.4. The number of ether oxygens (including phenoxy) is 4. The minimum Gasteiger partial charge on any atom is -0.394 e. The minimum absolute atomic E-state index is 0.312. The smallest absolute Gasteiger partial charge is 0.184 e. The van der Waals surface area contributed by atoms with Crippen molar-refractivity contribution in [2.45, 2.75) is 63.7 Å². The van der Waals surface area contributed by atoms with Gasteiger partial charge in [-0.25, -0.2) is 0 Å². The van der Waals surface area contributed by atoms with Gasteiger partial charge in [0.1, 0.15) is 24.4 Å². The van der Waals surface area contributed by atoms with Crippen molar-refractivity contribution in [1.82, 2.24) is 0 Å². The van der Waals surface area contributed by atoms with Crippen molar-refractivity contribution in [2.75, 3.05) is 13.2 Å². The van der Waals surface area contributed by atoms with E-state index in [1.165, 1.54) is 11.1 Å². The lowest BCUT2D eigenvalue weighted by Gasteiger charge is -2.47. The van der Waals surface area contributed by atoms with E-state index in [2.05, 4.69) is 26.0 Å². The largest absolute Gasteiger partial charge is 0.394 e. The Morgan fingerprint density at radius 1 is 0.833 bits per heavy atom. The Morgan fingerprint density at radius 3 is 1.93 bits per heavy atom. The van der Waals surface area contributed by atoms with E-state index in [9.17, 15) is 10.2 Å². The monoisotopic (exact) mass is 414 g/mol. The lowest BCUT2D eigenvalue weighted by atomic mass is 9.99. The van der Waals surface area contributed by atoms with Crippen LogP contribution in [0.3, 0.4) is 0 Å².